The van der Waals surface area contributed by atoms with E-state index in [4.69, 9.17) is 0 Å². The number of benzene rings is 1. The van der Waals surface area contributed by atoms with E-state index in [1.54, 1.807) is 0 Å². The summed E-state index contributed by atoms with van der Waals surface area (Å²) in [6.07, 6.45) is -3.03. The smallest absolute Gasteiger partial charge is 0.316 e. The maximum Gasteiger partial charge on any atom is 0.416 e. The zero-order valence-electron chi connectivity index (χ0n) is 12.0. The summed E-state index contributed by atoms with van der Waals surface area (Å²) in [6.45, 7) is 1.53. The van der Waals surface area contributed by atoms with Crippen LogP contribution in [0, 0.1) is 11.7 Å². The zero-order chi connectivity index (χ0) is 16.4. The zero-order valence-corrected chi connectivity index (χ0v) is 13.6. The molecule has 4 nitrogen and oxygen atoms in total. The van der Waals surface area contributed by atoms with E-state index in [1.165, 1.54) is 0 Å². The van der Waals surface area contributed by atoms with Crippen molar-refractivity contribution in [1.82, 2.24) is 10.0 Å². The van der Waals surface area contributed by atoms with E-state index >= 15 is 0 Å². The second-order valence-corrected chi connectivity index (χ2v) is 6.94. The van der Waals surface area contributed by atoms with Crippen molar-refractivity contribution in [3.63, 3.8) is 0 Å². The first-order valence-corrected chi connectivity index (χ1v) is 8.25. The first-order valence-electron chi connectivity index (χ1n) is 6.77. The Balaban J connectivity index is 0.00000264. The summed E-state index contributed by atoms with van der Waals surface area (Å²) in [5.74, 6) is -1.17. The van der Waals surface area contributed by atoms with Crippen molar-refractivity contribution >= 4 is 22.4 Å². The molecule has 1 aromatic carbocycles. The predicted molar refractivity (Wildman–Crippen MR) is 79.4 cm³/mol. The third-order valence-electron chi connectivity index (χ3n) is 3.51. The highest BCUT2D eigenvalue weighted by atomic mass is 35.5. The molecule has 1 fully saturated rings. The standard InChI is InChI=1S/C13H16F4N2O2S.ClH/c14-11-4-3-10(13(15,16)17)6-12(11)22(20,21)19-8-9-2-1-5-18-7-9;/h3-4,6,9,18-19H,1-2,5,7-8H2;1H. The highest BCUT2D eigenvalue weighted by Gasteiger charge is 2.33. The molecule has 1 atom stereocenters. The molecule has 10 heteroatoms. The Kier molecular flexibility index (Phi) is 6.81. The molecule has 0 bridgehead atoms. The molecular weight excluding hydrogens is 360 g/mol. The maximum atomic E-state index is 13.6. The van der Waals surface area contributed by atoms with Crippen molar-refractivity contribution < 1.29 is 26.0 Å². The van der Waals surface area contributed by atoms with Gasteiger partial charge in [0.15, 0.2) is 0 Å². The molecule has 1 aliphatic rings. The summed E-state index contributed by atoms with van der Waals surface area (Å²) >= 11 is 0. The van der Waals surface area contributed by atoms with Crippen LogP contribution in [0.5, 0.6) is 0 Å². The molecule has 0 aromatic heterocycles. The summed E-state index contributed by atoms with van der Waals surface area (Å²) in [5, 5.41) is 3.09. The maximum absolute atomic E-state index is 13.6. The molecule has 2 N–H and O–H groups in total. The topological polar surface area (TPSA) is 58.2 Å². The molecule has 0 spiro atoms. The minimum Gasteiger partial charge on any atom is -0.316 e. The molecule has 0 aliphatic carbocycles. The van der Waals surface area contributed by atoms with E-state index in [0.29, 0.717) is 24.7 Å². The lowest BCUT2D eigenvalue weighted by molar-refractivity contribution is -0.137. The van der Waals surface area contributed by atoms with Gasteiger partial charge in [0, 0.05) is 6.54 Å². The molecule has 0 amide bonds. The highest BCUT2D eigenvalue weighted by molar-refractivity contribution is 7.89. The lowest BCUT2D eigenvalue weighted by atomic mass is 10.0. The first-order chi connectivity index (χ1) is 10.2. The van der Waals surface area contributed by atoms with Gasteiger partial charge in [-0.2, -0.15) is 13.2 Å². The summed E-state index contributed by atoms with van der Waals surface area (Å²) in [7, 11) is -4.33. The Hall–Kier alpha value is -0.900. The average molecular weight is 377 g/mol. The molecule has 2 rings (SSSR count). The van der Waals surface area contributed by atoms with Crippen LogP contribution in [0.25, 0.3) is 0 Å². The number of sulfonamides is 1. The molecule has 132 valence electrons. The molecule has 1 aromatic rings. The van der Waals surface area contributed by atoms with Crippen molar-refractivity contribution in [1.29, 1.82) is 0 Å². The highest BCUT2D eigenvalue weighted by Crippen LogP contribution is 2.31. The third-order valence-corrected chi connectivity index (χ3v) is 4.95. The largest absolute Gasteiger partial charge is 0.416 e. The van der Waals surface area contributed by atoms with Crippen molar-refractivity contribution in [3.8, 4) is 0 Å². The van der Waals surface area contributed by atoms with E-state index in [2.05, 4.69) is 10.0 Å². The summed E-state index contributed by atoms with van der Waals surface area (Å²) in [4.78, 5) is -0.980. The molecule has 23 heavy (non-hydrogen) atoms. The number of piperidine rings is 1. The van der Waals surface area contributed by atoms with Crippen LogP contribution >= 0.6 is 12.4 Å². The Morgan fingerprint density at radius 2 is 2.00 bits per heavy atom. The van der Waals surface area contributed by atoms with Gasteiger partial charge >= 0.3 is 6.18 Å². The van der Waals surface area contributed by atoms with Gasteiger partial charge in [-0.25, -0.2) is 17.5 Å². The molecule has 0 saturated carbocycles. The fourth-order valence-corrected chi connectivity index (χ4v) is 3.51. The summed E-state index contributed by atoms with van der Waals surface area (Å²) < 4.78 is 77.7. The minimum atomic E-state index is -4.73. The van der Waals surface area contributed by atoms with Crippen LogP contribution in [0.15, 0.2) is 23.1 Å². The van der Waals surface area contributed by atoms with E-state index < -0.39 is 32.5 Å². The Morgan fingerprint density at radius 1 is 1.30 bits per heavy atom. The Labute approximate surface area is 138 Å². The molecular formula is C13H17ClF4N2O2S. The van der Waals surface area contributed by atoms with Gasteiger partial charge in [0.05, 0.1) is 5.56 Å². The molecule has 1 heterocycles. The normalized spacial score (nSPS) is 19.2. The van der Waals surface area contributed by atoms with E-state index in [-0.39, 0.29) is 24.9 Å². The lowest BCUT2D eigenvalue weighted by Gasteiger charge is -2.23. The van der Waals surface area contributed by atoms with Crippen molar-refractivity contribution in [2.24, 2.45) is 5.92 Å². The lowest BCUT2D eigenvalue weighted by Crippen LogP contribution is -2.38. The van der Waals surface area contributed by atoms with Gasteiger partial charge in [0.2, 0.25) is 10.0 Å². The van der Waals surface area contributed by atoms with Gasteiger partial charge in [0.1, 0.15) is 10.7 Å². The predicted octanol–water partition coefficient (Wildman–Crippen LogP) is 2.54. The van der Waals surface area contributed by atoms with Crippen LogP contribution in [-0.2, 0) is 16.2 Å². The third kappa shape index (κ3) is 5.30. The van der Waals surface area contributed by atoms with Gasteiger partial charge in [-0.05, 0) is 50.0 Å². The van der Waals surface area contributed by atoms with Crippen LogP contribution in [0.4, 0.5) is 17.6 Å². The fourth-order valence-electron chi connectivity index (χ4n) is 2.29. The number of hydrogen-bond donors (Lipinski definition) is 2. The van der Waals surface area contributed by atoms with Crippen LogP contribution in [0.3, 0.4) is 0 Å². The van der Waals surface area contributed by atoms with Crippen LogP contribution in [0.2, 0.25) is 0 Å². The number of nitrogens with one attached hydrogen (secondary N) is 2. The van der Waals surface area contributed by atoms with Crippen LogP contribution in [-0.4, -0.2) is 28.1 Å². The number of rotatable bonds is 4. The SMILES string of the molecule is Cl.O=S(=O)(NCC1CCCNC1)c1cc(C(F)(F)F)ccc1F. The second kappa shape index (κ2) is 7.78. The molecule has 0 radical (unpaired) electrons. The first kappa shape index (κ1) is 20.1. The molecule has 1 aliphatic heterocycles. The quantitative estimate of drug-likeness (QED) is 0.794. The second-order valence-electron chi connectivity index (χ2n) is 5.21. The average Bonchev–Trinajstić information content (AvgIpc) is 2.45. The number of hydrogen-bond acceptors (Lipinski definition) is 3. The van der Waals surface area contributed by atoms with Gasteiger partial charge in [0.25, 0.3) is 0 Å². The van der Waals surface area contributed by atoms with Crippen molar-refractivity contribution in [3.05, 3.63) is 29.6 Å². The summed E-state index contributed by atoms with van der Waals surface area (Å²) in [5.41, 5.74) is -1.20. The van der Waals surface area contributed by atoms with E-state index in [9.17, 15) is 26.0 Å². The Morgan fingerprint density at radius 3 is 2.57 bits per heavy atom. The van der Waals surface area contributed by atoms with Gasteiger partial charge in [-0.15, -0.1) is 12.4 Å². The Bertz CT molecular complexity index is 631. The monoisotopic (exact) mass is 376 g/mol. The van der Waals surface area contributed by atoms with E-state index in [0.717, 1.165) is 19.4 Å². The van der Waals surface area contributed by atoms with Crippen molar-refractivity contribution in [2.45, 2.75) is 23.9 Å². The molecule has 1 saturated heterocycles. The van der Waals surface area contributed by atoms with Crippen molar-refractivity contribution in [2.75, 3.05) is 19.6 Å². The number of alkyl halides is 3. The molecule has 1 unspecified atom stereocenters. The van der Waals surface area contributed by atoms with Gasteiger partial charge in [-0.3, -0.25) is 0 Å². The van der Waals surface area contributed by atoms with E-state index in [1.807, 2.05) is 0 Å². The minimum absolute atomic E-state index is 0. The van der Waals surface area contributed by atoms with Gasteiger partial charge < -0.3 is 5.32 Å². The summed E-state index contributed by atoms with van der Waals surface area (Å²) in [6, 6.07) is 1.34. The number of halogens is 5. The fraction of sp³-hybridized carbons (Fsp3) is 0.538. The van der Waals surface area contributed by atoms with Crippen LogP contribution < -0.4 is 10.0 Å². The van der Waals surface area contributed by atoms with Gasteiger partial charge in [-0.1, -0.05) is 0 Å². The van der Waals surface area contributed by atoms with Crippen LogP contribution in [0.1, 0.15) is 18.4 Å².